The highest BCUT2D eigenvalue weighted by Gasteiger charge is 2.23. The number of para-hydroxylation sites is 1. The Balaban J connectivity index is 1.30. The van der Waals surface area contributed by atoms with Crippen molar-refractivity contribution in [3.05, 3.63) is 89.1 Å². The maximum atomic E-state index is 12.9. The summed E-state index contributed by atoms with van der Waals surface area (Å²) in [6, 6.07) is 16.1. The molecular weight excluding hydrogens is 480 g/mol. The first-order valence-corrected chi connectivity index (χ1v) is 11.6. The number of nitrogens with one attached hydrogen (secondary N) is 4. The van der Waals surface area contributed by atoms with E-state index in [1.165, 1.54) is 11.4 Å². The number of hydrogen-bond acceptors (Lipinski definition) is 7. The highest BCUT2D eigenvalue weighted by Crippen LogP contribution is 2.31. The molecule has 3 heterocycles. The normalized spacial score (nSPS) is 14.3. The number of anilines is 2. The quantitative estimate of drug-likeness (QED) is 0.394. The van der Waals surface area contributed by atoms with E-state index in [1.807, 2.05) is 36.4 Å². The molecule has 0 aliphatic carbocycles. The van der Waals surface area contributed by atoms with Crippen molar-refractivity contribution in [3.63, 3.8) is 0 Å². The van der Waals surface area contributed by atoms with Gasteiger partial charge in [-0.25, -0.2) is 14.5 Å². The zero-order chi connectivity index (χ0) is 25.3. The average Bonchev–Trinajstić information content (AvgIpc) is 3.49. The third-order valence-electron chi connectivity index (χ3n) is 5.41. The van der Waals surface area contributed by atoms with E-state index in [9.17, 15) is 4.79 Å². The average molecular weight is 505 g/mol. The smallest absolute Gasteiger partial charge is 0.324 e. The minimum Gasteiger partial charge on any atom is -0.372 e. The van der Waals surface area contributed by atoms with E-state index in [-0.39, 0.29) is 5.41 Å². The van der Waals surface area contributed by atoms with Crippen molar-refractivity contribution in [2.24, 2.45) is 4.99 Å². The molecule has 0 spiro atoms. The lowest BCUT2D eigenvalue weighted by Gasteiger charge is -2.23. The maximum Gasteiger partial charge on any atom is 0.324 e. The number of fused-ring (bicyclic) bond motifs is 1. The van der Waals surface area contributed by atoms with Crippen LogP contribution in [0, 0.1) is 0 Å². The van der Waals surface area contributed by atoms with Crippen LogP contribution in [0.15, 0.2) is 83.4 Å². The molecule has 2 aromatic carbocycles. The summed E-state index contributed by atoms with van der Waals surface area (Å²) in [5.74, 6) is 0.954. The van der Waals surface area contributed by atoms with Gasteiger partial charge >= 0.3 is 6.03 Å². The monoisotopic (exact) mass is 504 g/mol. The Morgan fingerprint density at radius 2 is 1.89 bits per heavy atom. The molecule has 0 unspecified atom stereocenters. The van der Waals surface area contributed by atoms with Gasteiger partial charge in [0.25, 0.3) is 0 Å². The first-order valence-electron chi connectivity index (χ1n) is 11.2. The van der Waals surface area contributed by atoms with Crippen LogP contribution in [0.2, 0.25) is 5.02 Å². The van der Waals surface area contributed by atoms with Gasteiger partial charge in [-0.1, -0.05) is 50.6 Å². The van der Waals surface area contributed by atoms with Gasteiger partial charge in [0.1, 0.15) is 23.6 Å². The zero-order valence-electron chi connectivity index (χ0n) is 19.9. The van der Waals surface area contributed by atoms with Gasteiger partial charge in [-0.2, -0.15) is 10.2 Å². The molecule has 0 bridgehead atoms. The number of carbonyl (C=O) groups is 1. The van der Waals surface area contributed by atoms with Crippen molar-refractivity contribution in [2.45, 2.75) is 26.2 Å². The predicted molar refractivity (Wildman–Crippen MR) is 140 cm³/mol. The van der Waals surface area contributed by atoms with E-state index >= 15 is 0 Å². The summed E-state index contributed by atoms with van der Waals surface area (Å²) >= 11 is 6.45. The fraction of sp³-hybridized carbons (Fsp3) is 0.160. The Labute approximate surface area is 213 Å². The summed E-state index contributed by atoms with van der Waals surface area (Å²) in [6.07, 6.45) is 4.95. The molecule has 10 nitrogen and oxygen atoms in total. The number of carbonyl (C=O) groups excluding carboxylic acids is 1. The Bertz CT molecular complexity index is 1390. The van der Waals surface area contributed by atoms with Crippen LogP contribution >= 0.6 is 11.6 Å². The molecule has 0 radical (unpaired) electrons. The lowest BCUT2D eigenvalue weighted by molar-refractivity contribution is 0.0647. The SMILES string of the molecule is CC(C)(C)c1cc(NC(=O)Nc2ccc(ON3C=NC=C4NNC=C43)c(Cl)c2)n(-c2ccccc2)n1. The van der Waals surface area contributed by atoms with Gasteiger partial charge in [-0.3, -0.25) is 10.7 Å². The summed E-state index contributed by atoms with van der Waals surface area (Å²) in [7, 11) is 0. The van der Waals surface area contributed by atoms with Gasteiger partial charge in [0, 0.05) is 23.4 Å². The van der Waals surface area contributed by atoms with Gasteiger partial charge in [0.05, 0.1) is 22.6 Å². The van der Waals surface area contributed by atoms with E-state index in [2.05, 4.69) is 47.2 Å². The first kappa shape index (κ1) is 23.3. The molecule has 0 atom stereocenters. The molecule has 5 rings (SSSR count). The van der Waals surface area contributed by atoms with E-state index in [4.69, 9.17) is 21.5 Å². The van der Waals surface area contributed by atoms with Crippen LogP contribution in [0.5, 0.6) is 5.75 Å². The van der Waals surface area contributed by atoms with Crippen LogP contribution in [0.1, 0.15) is 26.5 Å². The standard InChI is InChI=1S/C25H25ClN8O2/c1-25(2,3)22-12-23(34(32-22)17-7-5-4-6-8-17)30-24(35)29-16-9-10-21(18(26)11-16)36-33-15-27-13-19-20(33)14-28-31-19/h4-15,28,31H,1-3H3,(H2,29,30,35). The number of aromatic nitrogens is 2. The molecule has 36 heavy (non-hydrogen) atoms. The first-order chi connectivity index (χ1) is 17.3. The van der Waals surface area contributed by atoms with Crippen LogP contribution in [-0.4, -0.2) is 27.2 Å². The number of halogens is 1. The lowest BCUT2D eigenvalue weighted by Crippen LogP contribution is -2.29. The third kappa shape index (κ3) is 4.84. The number of rotatable bonds is 5. The number of urea groups is 1. The van der Waals surface area contributed by atoms with Crippen molar-refractivity contribution in [1.29, 1.82) is 0 Å². The number of benzene rings is 2. The molecule has 2 aliphatic heterocycles. The summed E-state index contributed by atoms with van der Waals surface area (Å²) in [6.45, 7) is 6.22. The van der Waals surface area contributed by atoms with Crippen molar-refractivity contribution in [2.75, 3.05) is 10.6 Å². The fourth-order valence-corrected chi connectivity index (χ4v) is 3.76. The summed E-state index contributed by atoms with van der Waals surface area (Å²) in [4.78, 5) is 22.9. The molecule has 0 saturated heterocycles. The van der Waals surface area contributed by atoms with Crippen molar-refractivity contribution < 1.29 is 9.63 Å². The molecule has 11 heteroatoms. The van der Waals surface area contributed by atoms with Crippen LogP contribution < -0.4 is 26.3 Å². The van der Waals surface area contributed by atoms with Gasteiger partial charge in [-0.05, 0) is 30.3 Å². The molecule has 3 aromatic rings. The molecular formula is C25H25ClN8O2. The predicted octanol–water partition coefficient (Wildman–Crippen LogP) is 4.90. The number of aliphatic imine (C=N–C) groups is 1. The minimum absolute atomic E-state index is 0.188. The number of hydrazine groups is 1. The number of hydroxylamine groups is 2. The summed E-state index contributed by atoms with van der Waals surface area (Å²) in [5, 5.41) is 12.2. The van der Waals surface area contributed by atoms with Gasteiger partial charge in [-0.15, -0.1) is 0 Å². The van der Waals surface area contributed by atoms with E-state index in [0.29, 0.717) is 22.3 Å². The van der Waals surface area contributed by atoms with Crippen LogP contribution in [0.3, 0.4) is 0 Å². The molecule has 0 saturated carbocycles. The Hall–Kier alpha value is -4.44. The highest BCUT2D eigenvalue weighted by molar-refractivity contribution is 6.32. The van der Waals surface area contributed by atoms with Gasteiger partial charge in [0.15, 0.2) is 5.75 Å². The van der Waals surface area contributed by atoms with Crippen molar-refractivity contribution in [3.8, 4) is 11.4 Å². The van der Waals surface area contributed by atoms with E-state index in [1.54, 1.807) is 35.3 Å². The number of nitrogens with zero attached hydrogens (tertiary/aromatic N) is 4. The molecule has 184 valence electrons. The largest absolute Gasteiger partial charge is 0.372 e. The lowest BCUT2D eigenvalue weighted by atomic mass is 9.92. The Kier molecular flexibility index (Phi) is 6.03. The van der Waals surface area contributed by atoms with Gasteiger partial charge < -0.3 is 15.6 Å². The van der Waals surface area contributed by atoms with Gasteiger partial charge in [0.2, 0.25) is 0 Å². The molecule has 2 amide bonds. The Morgan fingerprint density at radius 3 is 2.64 bits per heavy atom. The van der Waals surface area contributed by atoms with Crippen molar-refractivity contribution >= 4 is 35.5 Å². The maximum absolute atomic E-state index is 12.9. The van der Waals surface area contributed by atoms with E-state index in [0.717, 1.165) is 22.8 Å². The third-order valence-corrected chi connectivity index (χ3v) is 5.71. The molecule has 1 aromatic heterocycles. The Morgan fingerprint density at radius 1 is 1.08 bits per heavy atom. The molecule has 2 aliphatic rings. The zero-order valence-corrected chi connectivity index (χ0v) is 20.7. The highest BCUT2D eigenvalue weighted by atomic mass is 35.5. The second kappa shape index (κ2) is 9.31. The van der Waals surface area contributed by atoms with Crippen LogP contribution in [-0.2, 0) is 5.41 Å². The minimum atomic E-state index is -0.427. The van der Waals surface area contributed by atoms with Crippen molar-refractivity contribution in [1.82, 2.24) is 25.7 Å². The summed E-state index contributed by atoms with van der Waals surface area (Å²) in [5.41, 5.74) is 9.39. The second-order valence-corrected chi connectivity index (χ2v) is 9.57. The van der Waals surface area contributed by atoms with Crippen LogP contribution in [0.4, 0.5) is 16.3 Å². The fourth-order valence-electron chi connectivity index (χ4n) is 3.55. The second-order valence-electron chi connectivity index (χ2n) is 9.16. The molecule has 4 N–H and O–H groups in total. The van der Waals surface area contributed by atoms with E-state index < -0.39 is 6.03 Å². The molecule has 0 fully saturated rings. The summed E-state index contributed by atoms with van der Waals surface area (Å²) < 4.78 is 1.72. The topological polar surface area (TPSA) is 108 Å². The van der Waals surface area contributed by atoms with Crippen LogP contribution in [0.25, 0.3) is 5.69 Å². The number of amides is 2. The number of hydrogen-bond donors (Lipinski definition) is 4.